The number of hydrogen-bond acceptors (Lipinski definition) is 4. The normalized spacial score (nSPS) is 15.6. The van der Waals surface area contributed by atoms with Crippen LogP contribution in [0.15, 0.2) is 36.5 Å². The molecule has 0 amide bonds. The average Bonchev–Trinajstić information content (AvgIpc) is 2.59. The Morgan fingerprint density at radius 2 is 2.22 bits per heavy atom. The van der Waals surface area contributed by atoms with Crippen LogP contribution in [0.2, 0.25) is 0 Å². The zero-order valence-corrected chi connectivity index (χ0v) is 10.4. The number of nitrogens with zero attached hydrogens (tertiary/aromatic N) is 3. The van der Waals surface area contributed by atoms with Gasteiger partial charge in [0.2, 0.25) is 0 Å². The van der Waals surface area contributed by atoms with Crippen molar-refractivity contribution >= 4 is 5.69 Å². The summed E-state index contributed by atoms with van der Waals surface area (Å²) in [7, 11) is 2.14. The molecule has 1 aromatic carbocycles. The van der Waals surface area contributed by atoms with Gasteiger partial charge in [0.1, 0.15) is 0 Å². The molecule has 1 N–H and O–H groups in total. The van der Waals surface area contributed by atoms with E-state index in [0.29, 0.717) is 0 Å². The summed E-state index contributed by atoms with van der Waals surface area (Å²) in [6.07, 6.45) is 1.70. The molecule has 0 saturated carbocycles. The van der Waals surface area contributed by atoms with Crippen molar-refractivity contribution in [3.8, 4) is 11.3 Å². The third kappa shape index (κ3) is 2.19. The molecule has 0 saturated heterocycles. The van der Waals surface area contributed by atoms with E-state index in [4.69, 9.17) is 0 Å². The molecule has 1 aromatic heterocycles. The molecular weight excluding hydrogens is 224 g/mol. The number of anilines is 1. The van der Waals surface area contributed by atoms with Gasteiger partial charge in [0.05, 0.1) is 5.69 Å². The van der Waals surface area contributed by atoms with Crippen molar-refractivity contribution in [1.29, 1.82) is 0 Å². The topological polar surface area (TPSA) is 41.0 Å². The van der Waals surface area contributed by atoms with Gasteiger partial charge in [-0.1, -0.05) is 6.07 Å². The smallest absolute Gasteiger partial charge is 0.0929 e. The highest BCUT2D eigenvalue weighted by Crippen LogP contribution is 2.25. The Morgan fingerprint density at radius 1 is 1.28 bits per heavy atom. The summed E-state index contributed by atoms with van der Waals surface area (Å²) in [4.78, 5) is 2.32. The van der Waals surface area contributed by atoms with Gasteiger partial charge < -0.3 is 10.2 Å². The number of nitrogens with one attached hydrogen (secondary N) is 1. The van der Waals surface area contributed by atoms with Gasteiger partial charge in [0.15, 0.2) is 0 Å². The second-order valence-electron chi connectivity index (χ2n) is 4.65. The maximum atomic E-state index is 4.16. The van der Waals surface area contributed by atoms with E-state index in [2.05, 4.69) is 45.7 Å². The number of hydrogen-bond donors (Lipinski definition) is 1. The summed E-state index contributed by atoms with van der Waals surface area (Å²) >= 11 is 0. The molecule has 0 unspecified atom stereocenters. The van der Waals surface area contributed by atoms with E-state index < -0.39 is 0 Å². The van der Waals surface area contributed by atoms with E-state index in [0.717, 1.165) is 30.9 Å². The molecule has 3 rings (SSSR count). The molecule has 0 aliphatic carbocycles. The van der Waals surface area contributed by atoms with Crippen molar-refractivity contribution < 1.29 is 0 Å². The van der Waals surface area contributed by atoms with Gasteiger partial charge in [0, 0.05) is 37.1 Å². The van der Waals surface area contributed by atoms with Gasteiger partial charge in [-0.3, -0.25) is 0 Å². The first kappa shape index (κ1) is 11.2. The number of fused-ring (bicyclic) bond motifs is 1. The molecule has 0 bridgehead atoms. The van der Waals surface area contributed by atoms with Crippen LogP contribution in [0.1, 0.15) is 5.56 Å². The first-order valence-corrected chi connectivity index (χ1v) is 6.16. The Labute approximate surface area is 107 Å². The minimum absolute atomic E-state index is 0.923. The van der Waals surface area contributed by atoms with Gasteiger partial charge in [-0.15, -0.1) is 0 Å². The predicted octanol–water partition coefficient (Wildman–Crippen LogP) is 2.00. The van der Waals surface area contributed by atoms with E-state index in [1.54, 1.807) is 6.20 Å². The number of benzene rings is 1. The summed E-state index contributed by atoms with van der Waals surface area (Å²) in [5.41, 5.74) is 4.59. The monoisotopic (exact) mass is 240 g/mol. The fourth-order valence-corrected chi connectivity index (χ4v) is 2.26. The van der Waals surface area contributed by atoms with E-state index in [1.165, 1.54) is 11.3 Å². The number of likely N-dealkylation sites (N-methyl/N-ethyl adjacent to an activating group) is 1. The summed E-state index contributed by atoms with van der Waals surface area (Å²) in [5, 5.41) is 11.5. The first-order chi connectivity index (χ1) is 8.83. The Kier molecular flexibility index (Phi) is 2.94. The minimum atomic E-state index is 0.923. The van der Waals surface area contributed by atoms with Crippen LogP contribution >= 0.6 is 0 Å². The van der Waals surface area contributed by atoms with Crippen LogP contribution in [0.4, 0.5) is 5.69 Å². The Hall–Kier alpha value is -1.94. The van der Waals surface area contributed by atoms with Gasteiger partial charge in [-0.05, 0) is 36.9 Å². The van der Waals surface area contributed by atoms with Crippen LogP contribution < -0.4 is 5.32 Å². The fourth-order valence-electron chi connectivity index (χ4n) is 2.26. The van der Waals surface area contributed by atoms with Crippen molar-refractivity contribution in [2.24, 2.45) is 0 Å². The Morgan fingerprint density at radius 3 is 3.06 bits per heavy atom. The molecule has 0 spiro atoms. The second-order valence-corrected chi connectivity index (χ2v) is 4.65. The van der Waals surface area contributed by atoms with Crippen LogP contribution in [-0.2, 0) is 6.54 Å². The standard InChI is InChI=1S/C14H16N4/c1-18-8-7-15-13-5-4-11(9-12(13)10-18)14-3-2-6-16-17-14/h2-6,9,15H,7-8,10H2,1H3. The van der Waals surface area contributed by atoms with E-state index in [9.17, 15) is 0 Å². The summed E-state index contributed by atoms with van der Waals surface area (Å²) in [5.74, 6) is 0. The SMILES string of the molecule is CN1CCNc2ccc(-c3cccnn3)cc2C1. The van der Waals surface area contributed by atoms with Crippen molar-refractivity contribution in [3.05, 3.63) is 42.1 Å². The quantitative estimate of drug-likeness (QED) is 0.827. The summed E-state index contributed by atoms with van der Waals surface area (Å²) < 4.78 is 0. The zero-order valence-electron chi connectivity index (χ0n) is 10.4. The van der Waals surface area contributed by atoms with Crippen molar-refractivity contribution in [3.63, 3.8) is 0 Å². The third-order valence-corrected chi connectivity index (χ3v) is 3.22. The van der Waals surface area contributed by atoms with Gasteiger partial charge in [0.25, 0.3) is 0 Å². The molecule has 4 nitrogen and oxygen atoms in total. The highest BCUT2D eigenvalue weighted by Gasteiger charge is 2.12. The Bertz CT molecular complexity index is 539. The zero-order chi connectivity index (χ0) is 12.4. The van der Waals surface area contributed by atoms with Crippen LogP contribution in [0.5, 0.6) is 0 Å². The number of rotatable bonds is 1. The molecule has 0 fully saturated rings. The van der Waals surface area contributed by atoms with Crippen LogP contribution in [0.25, 0.3) is 11.3 Å². The maximum absolute atomic E-state index is 4.16. The van der Waals surface area contributed by atoms with Crippen molar-refractivity contribution in [2.45, 2.75) is 6.54 Å². The lowest BCUT2D eigenvalue weighted by atomic mass is 10.1. The molecule has 1 aliphatic heterocycles. The molecule has 92 valence electrons. The van der Waals surface area contributed by atoms with E-state index in [1.807, 2.05) is 12.1 Å². The summed E-state index contributed by atoms with van der Waals surface area (Å²) in [6, 6.07) is 10.3. The Balaban J connectivity index is 2.00. The molecule has 0 radical (unpaired) electrons. The van der Waals surface area contributed by atoms with Gasteiger partial charge in [-0.2, -0.15) is 10.2 Å². The molecule has 1 aliphatic rings. The lowest BCUT2D eigenvalue weighted by molar-refractivity contribution is 0.346. The molecule has 18 heavy (non-hydrogen) atoms. The average molecular weight is 240 g/mol. The number of aromatic nitrogens is 2. The first-order valence-electron chi connectivity index (χ1n) is 6.16. The third-order valence-electron chi connectivity index (χ3n) is 3.22. The van der Waals surface area contributed by atoms with Crippen LogP contribution in [0, 0.1) is 0 Å². The minimum Gasteiger partial charge on any atom is -0.383 e. The predicted molar refractivity (Wildman–Crippen MR) is 72.3 cm³/mol. The molecule has 0 atom stereocenters. The van der Waals surface area contributed by atoms with Crippen LogP contribution in [0.3, 0.4) is 0 Å². The van der Waals surface area contributed by atoms with E-state index in [-0.39, 0.29) is 0 Å². The van der Waals surface area contributed by atoms with E-state index >= 15 is 0 Å². The lowest BCUT2D eigenvalue weighted by Crippen LogP contribution is -2.20. The second kappa shape index (κ2) is 4.74. The highest BCUT2D eigenvalue weighted by molar-refractivity contribution is 5.65. The maximum Gasteiger partial charge on any atom is 0.0929 e. The lowest BCUT2D eigenvalue weighted by Gasteiger charge is -2.13. The molecular formula is C14H16N4. The molecule has 2 heterocycles. The van der Waals surface area contributed by atoms with Gasteiger partial charge >= 0.3 is 0 Å². The van der Waals surface area contributed by atoms with Crippen molar-refractivity contribution in [1.82, 2.24) is 15.1 Å². The molecule has 2 aromatic rings. The highest BCUT2D eigenvalue weighted by atomic mass is 15.1. The largest absolute Gasteiger partial charge is 0.383 e. The van der Waals surface area contributed by atoms with Gasteiger partial charge in [-0.25, -0.2) is 0 Å². The van der Waals surface area contributed by atoms with Crippen molar-refractivity contribution in [2.75, 3.05) is 25.5 Å². The fraction of sp³-hybridized carbons (Fsp3) is 0.286. The molecule has 4 heteroatoms. The summed E-state index contributed by atoms with van der Waals surface area (Å²) in [6.45, 7) is 3.03. The van der Waals surface area contributed by atoms with Crippen LogP contribution in [-0.4, -0.2) is 35.2 Å².